The van der Waals surface area contributed by atoms with Crippen molar-refractivity contribution >= 4 is 22.9 Å². The zero-order valence-electron chi connectivity index (χ0n) is 14.2. The number of hydrogen-bond donors (Lipinski definition) is 1. The fraction of sp³-hybridized carbons (Fsp3) is 0.765. The van der Waals surface area contributed by atoms with Gasteiger partial charge in [-0.15, -0.1) is 11.3 Å². The van der Waals surface area contributed by atoms with Gasteiger partial charge in [0, 0.05) is 16.5 Å². The molecule has 2 nitrogen and oxygen atoms in total. The summed E-state index contributed by atoms with van der Waals surface area (Å²) in [6, 6.07) is 4.66. The maximum Gasteiger partial charge on any atom is 0.0931 e. The van der Waals surface area contributed by atoms with Crippen LogP contribution in [-0.2, 0) is 6.42 Å². The summed E-state index contributed by atoms with van der Waals surface area (Å²) < 4.78 is 0.890. The van der Waals surface area contributed by atoms with E-state index in [4.69, 9.17) is 11.6 Å². The molecule has 0 aliphatic heterocycles. The number of likely N-dealkylation sites (N-methyl/N-ethyl adjacent to an activating group) is 2. The average Bonchev–Trinajstić information content (AvgIpc) is 2.90. The molecule has 1 N–H and O–H groups in total. The Hall–Kier alpha value is -0.0900. The molecule has 21 heavy (non-hydrogen) atoms. The molecule has 0 radical (unpaired) electrons. The first-order valence-electron chi connectivity index (χ1n) is 8.30. The molecular weight excluding hydrogens is 300 g/mol. The van der Waals surface area contributed by atoms with Gasteiger partial charge < -0.3 is 5.32 Å². The molecule has 4 heteroatoms. The largest absolute Gasteiger partial charge is 0.312 e. The van der Waals surface area contributed by atoms with Gasteiger partial charge in [-0.1, -0.05) is 46.2 Å². The number of halogens is 1. The summed E-state index contributed by atoms with van der Waals surface area (Å²) in [5, 5.41) is 3.75. The van der Waals surface area contributed by atoms with Crippen LogP contribution < -0.4 is 5.32 Å². The molecule has 0 spiro atoms. The molecule has 0 saturated heterocycles. The van der Waals surface area contributed by atoms with Crippen molar-refractivity contribution in [3.8, 4) is 0 Å². The molecule has 1 unspecified atom stereocenters. The van der Waals surface area contributed by atoms with Crippen LogP contribution in [-0.4, -0.2) is 36.1 Å². The molecule has 0 amide bonds. The predicted octanol–water partition coefficient (Wildman–Crippen LogP) is 4.82. The van der Waals surface area contributed by atoms with Crippen LogP contribution in [0.1, 0.15) is 52.3 Å². The van der Waals surface area contributed by atoms with Crippen LogP contribution in [0, 0.1) is 0 Å². The van der Waals surface area contributed by atoms with Crippen molar-refractivity contribution in [2.45, 2.75) is 65.5 Å². The van der Waals surface area contributed by atoms with E-state index in [1.165, 1.54) is 17.7 Å². The molecule has 0 aromatic carbocycles. The molecule has 0 aliphatic carbocycles. The van der Waals surface area contributed by atoms with Gasteiger partial charge in [0.2, 0.25) is 0 Å². The molecule has 1 heterocycles. The van der Waals surface area contributed by atoms with Gasteiger partial charge in [-0.3, -0.25) is 4.90 Å². The second-order valence-corrected chi connectivity index (χ2v) is 7.30. The lowest BCUT2D eigenvalue weighted by Crippen LogP contribution is -2.61. The minimum Gasteiger partial charge on any atom is -0.312 e. The molecule has 0 fully saturated rings. The fourth-order valence-electron chi connectivity index (χ4n) is 3.62. The van der Waals surface area contributed by atoms with Gasteiger partial charge in [0.15, 0.2) is 0 Å². The van der Waals surface area contributed by atoms with Crippen LogP contribution in [0.25, 0.3) is 0 Å². The second kappa shape index (κ2) is 9.14. The minimum absolute atomic E-state index is 0.218. The fourth-order valence-corrected chi connectivity index (χ4v) is 4.76. The monoisotopic (exact) mass is 330 g/mol. The topological polar surface area (TPSA) is 15.3 Å². The maximum atomic E-state index is 6.11. The van der Waals surface area contributed by atoms with Crippen molar-refractivity contribution in [1.29, 1.82) is 0 Å². The Morgan fingerprint density at radius 2 is 1.76 bits per heavy atom. The summed E-state index contributed by atoms with van der Waals surface area (Å²) in [5.74, 6) is 0. The number of nitrogens with one attached hydrogen (secondary N) is 1. The molecule has 1 aromatic rings. The number of hydrogen-bond acceptors (Lipinski definition) is 3. The Morgan fingerprint density at radius 1 is 1.14 bits per heavy atom. The summed E-state index contributed by atoms with van der Waals surface area (Å²) in [5.41, 5.74) is 0.218. The number of rotatable bonds is 10. The Morgan fingerprint density at radius 3 is 2.14 bits per heavy atom. The first-order valence-corrected chi connectivity index (χ1v) is 9.49. The van der Waals surface area contributed by atoms with E-state index < -0.39 is 0 Å². The van der Waals surface area contributed by atoms with Crippen LogP contribution in [0.4, 0.5) is 0 Å². The molecule has 1 aromatic heterocycles. The van der Waals surface area contributed by atoms with Gasteiger partial charge in [-0.2, -0.15) is 0 Å². The van der Waals surface area contributed by atoms with Gasteiger partial charge in [-0.05, 0) is 51.0 Å². The summed E-state index contributed by atoms with van der Waals surface area (Å²) in [7, 11) is 0. The average molecular weight is 331 g/mol. The van der Waals surface area contributed by atoms with Crippen LogP contribution in [0.3, 0.4) is 0 Å². The standard InChI is InChI=1S/C17H31ClN2S/c1-6-17(7-2,20(9-4)10-5)15(19-8-3)13-14-11-12-16(18)21-14/h11-12,15,19H,6-10,13H2,1-5H3. The zero-order chi connectivity index (χ0) is 15.9. The third kappa shape index (κ3) is 4.44. The molecule has 0 aliphatic rings. The van der Waals surface area contributed by atoms with E-state index in [1.54, 1.807) is 11.3 Å². The van der Waals surface area contributed by atoms with Crippen molar-refractivity contribution < 1.29 is 0 Å². The third-order valence-corrected chi connectivity index (χ3v) is 6.00. The SMILES string of the molecule is CCNC(Cc1ccc(Cl)s1)C(CC)(CC)N(CC)CC. The molecule has 1 rings (SSSR count). The van der Waals surface area contributed by atoms with E-state index in [9.17, 15) is 0 Å². The lowest BCUT2D eigenvalue weighted by molar-refractivity contribution is 0.0501. The van der Waals surface area contributed by atoms with Crippen molar-refractivity contribution in [1.82, 2.24) is 10.2 Å². The molecule has 122 valence electrons. The quantitative estimate of drug-likeness (QED) is 0.661. The Bertz CT molecular complexity index is 397. The highest BCUT2D eigenvalue weighted by molar-refractivity contribution is 7.16. The van der Waals surface area contributed by atoms with Crippen molar-refractivity contribution in [2.24, 2.45) is 0 Å². The number of thiophene rings is 1. The summed E-state index contributed by atoms with van der Waals surface area (Å²) in [4.78, 5) is 4.01. The highest BCUT2D eigenvalue weighted by Crippen LogP contribution is 2.32. The van der Waals surface area contributed by atoms with Crippen molar-refractivity contribution in [2.75, 3.05) is 19.6 Å². The summed E-state index contributed by atoms with van der Waals surface area (Å²) in [6.45, 7) is 14.6. The summed E-state index contributed by atoms with van der Waals surface area (Å²) in [6.07, 6.45) is 3.40. The highest BCUT2D eigenvalue weighted by atomic mass is 35.5. The van der Waals surface area contributed by atoms with E-state index in [-0.39, 0.29) is 5.54 Å². The van der Waals surface area contributed by atoms with E-state index in [1.807, 2.05) is 6.07 Å². The Kier molecular flexibility index (Phi) is 8.25. The van der Waals surface area contributed by atoms with Crippen LogP contribution in [0.5, 0.6) is 0 Å². The second-order valence-electron chi connectivity index (χ2n) is 5.50. The number of nitrogens with zero attached hydrogens (tertiary/aromatic N) is 1. The van der Waals surface area contributed by atoms with E-state index >= 15 is 0 Å². The zero-order valence-corrected chi connectivity index (χ0v) is 15.8. The normalized spacial score (nSPS) is 13.9. The minimum atomic E-state index is 0.218. The van der Waals surface area contributed by atoms with E-state index in [0.717, 1.165) is 30.4 Å². The van der Waals surface area contributed by atoms with Gasteiger partial charge in [0.1, 0.15) is 0 Å². The van der Waals surface area contributed by atoms with Crippen LogP contribution in [0.15, 0.2) is 12.1 Å². The van der Waals surface area contributed by atoms with E-state index in [2.05, 4.69) is 50.9 Å². The van der Waals surface area contributed by atoms with Crippen LogP contribution >= 0.6 is 22.9 Å². The third-order valence-electron chi connectivity index (χ3n) is 4.75. The van der Waals surface area contributed by atoms with Gasteiger partial charge in [0.25, 0.3) is 0 Å². The smallest absolute Gasteiger partial charge is 0.0931 e. The molecule has 0 bridgehead atoms. The van der Waals surface area contributed by atoms with Gasteiger partial charge >= 0.3 is 0 Å². The Balaban J connectivity index is 3.06. The highest BCUT2D eigenvalue weighted by Gasteiger charge is 2.39. The van der Waals surface area contributed by atoms with Crippen LogP contribution in [0.2, 0.25) is 4.34 Å². The van der Waals surface area contributed by atoms with E-state index in [0.29, 0.717) is 6.04 Å². The predicted molar refractivity (Wildman–Crippen MR) is 96.7 cm³/mol. The van der Waals surface area contributed by atoms with Gasteiger partial charge in [-0.25, -0.2) is 0 Å². The Labute approximate surface area is 139 Å². The summed E-state index contributed by atoms with van der Waals surface area (Å²) >= 11 is 7.82. The first kappa shape index (κ1) is 19.0. The van der Waals surface area contributed by atoms with Gasteiger partial charge in [0.05, 0.1) is 4.34 Å². The first-order chi connectivity index (χ1) is 10.1. The lowest BCUT2D eigenvalue weighted by Gasteiger charge is -2.48. The van der Waals surface area contributed by atoms with Crippen molar-refractivity contribution in [3.63, 3.8) is 0 Å². The van der Waals surface area contributed by atoms with Crippen molar-refractivity contribution in [3.05, 3.63) is 21.3 Å². The molecule has 0 saturated carbocycles. The maximum absolute atomic E-state index is 6.11. The molecular formula is C17H31ClN2S. The lowest BCUT2D eigenvalue weighted by atomic mass is 9.80. The molecule has 1 atom stereocenters.